The minimum Gasteiger partial charge on any atom is -0.507 e. The van der Waals surface area contributed by atoms with Crippen molar-refractivity contribution in [3.63, 3.8) is 0 Å². The Labute approximate surface area is 131 Å². The second-order valence-electron chi connectivity index (χ2n) is 5.63. The van der Waals surface area contributed by atoms with E-state index in [0.717, 1.165) is 25.9 Å². The second-order valence-corrected chi connectivity index (χ2v) is 5.63. The molecule has 1 aromatic carbocycles. The van der Waals surface area contributed by atoms with Crippen LogP contribution in [0.15, 0.2) is 36.9 Å². The molecule has 0 bridgehead atoms. The largest absolute Gasteiger partial charge is 0.507 e. The quantitative estimate of drug-likeness (QED) is 0.781. The zero-order valence-electron chi connectivity index (χ0n) is 12.8. The smallest absolute Gasteiger partial charge is 0.257 e. The average Bonchev–Trinajstić information content (AvgIpc) is 2.53. The number of aliphatic hydroxyl groups excluding tert-OH is 1. The number of carbonyl (C=O) groups excluding carboxylic acids is 1. The fourth-order valence-corrected chi connectivity index (χ4v) is 2.66. The molecule has 1 aliphatic rings. The molecule has 0 radical (unpaired) electrons. The van der Waals surface area contributed by atoms with Crippen molar-refractivity contribution in [2.45, 2.75) is 18.9 Å². The number of hydrogen-bond acceptors (Lipinski definition) is 4. The van der Waals surface area contributed by atoms with Crippen LogP contribution in [0.3, 0.4) is 0 Å². The van der Waals surface area contributed by atoms with E-state index in [4.69, 9.17) is 0 Å². The highest BCUT2D eigenvalue weighted by atomic mass is 16.3. The summed E-state index contributed by atoms with van der Waals surface area (Å²) in [6.07, 6.45) is 3.00. The molecule has 0 saturated carbocycles. The van der Waals surface area contributed by atoms with Gasteiger partial charge in [0, 0.05) is 32.7 Å². The third kappa shape index (κ3) is 4.32. The number of aromatic hydroxyl groups is 1. The molecule has 22 heavy (non-hydrogen) atoms. The fourth-order valence-electron chi connectivity index (χ4n) is 2.66. The van der Waals surface area contributed by atoms with Crippen LogP contribution >= 0.6 is 0 Å². The van der Waals surface area contributed by atoms with E-state index < -0.39 is 0 Å². The molecule has 5 nitrogen and oxygen atoms in total. The van der Waals surface area contributed by atoms with Crippen molar-refractivity contribution in [1.29, 1.82) is 0 Å². The molecule has 2 N–H and O–H groups in total. The number of allylic oxidation sites excluding steroid dienone is 1. The number of β-amino-alcohol motifs (C(OH)–C–C–N with tert-alkyl or cyclic N) is 1. The van der Waals surface area contributed by atoms with Gasteiger partial charge < -0.3 is 15.1 Å². The molecule has 0 spiro atoms. The number of carbonyl (C=O) groups is 1. The van der Waals surface area contributed by atoms with Gasteiger partial charge in [-0.25, -0.2) is 0 Å². The third-order valence-corrected chi connectivity index (χ3v) is 3.97. The van der Waals surface area contributed by atoms with E-state index in [1.807, 2.05) is 6.08 Å². The maximum absolute atomic E-state index is 12.4. The predicted octanol–water partition coefficient (Wildman–Crippen LogP) is 1.48. The van der Waals surface area contributed by atoms with Crippen LogP contribution in [0.1, 0.15) is 23.2 Å². The monoisotopic (exact) mass is 304 g/mol. The van der Waals surface area contributed by atoms with Crippen molar-refractivity contribution in [2.75, 3.05) is 32.7 Å². The minimum absolute atomic E-state index is 0.0229. The van der Waals surface area contributed by atoms with E-state index >= 15 is 0 Å². The number of para-hydroxylation sites is 1. The number of phenolic OH excluding ortho intramolecular Hbond substituents is 1. The third-order valence-electron chi connectivity index (χ3n) is 3.97. The van der Waals surface area contributed by atoms with E-state index in [1.165, 1.54) is 6.07 Å². The highest BCUT2D eigenvalue weighted by Gasteiger charge is 2.24. The molecule has 0 aromatic heterocycles. The van der Waals surface area contributed by atoms with Gasteiger partial charge in [0.15, 0.2) is 0 Å². The van der Waals surface area contributed by atoms with E-state index in [0.29, 0.717) is 25.2 Å². The van der Waals surface area contributed by atoms with E-state index in [2.05, 4.69) is 11.5 Å². The van der Waals surface area contributed by atoms with Crippen LogP contribution in [0.25, 0.3) is 0 Å². The summed E-state index contributed by atoms with van der Waals surface area (Å²) >= 11 is 0. The summed E-state index contributed by atoms with van der Waals surface area (Å²) in [6.45, 7) is 6.99. The summed E-state index contributed by atoms with van der Waals surface area (Å²) in [7, 11) is 0. The van der Waals surface area contributed by atoms with Gasteiger partial charge in [-0.2, -0.15) is 0 Å². The average molecular weight is 304 g/mol. The van der Waals surface area contributed by atoms with Crippen LogP contribution in [-0.4, -0.2) is 64.7 Å². The van der Waals surface area contributed by atoms with Crippen molar-refractivity contribution in [1.82, 2.24) is 9.80 Å². The highest BCUT2D eigenvalue weighted by molar-refractivity contribution is 5.96. The van der Waals surface area contributed by atoms with E-state index in [9.17, 15) is 15.0 Å². The molecule has 2 rings (SSSR count). The van der Waals surface area contributed by atoms with Gasteiger partial charge in [0.1, 0.15) is 5.75 Å². The molecule has 1 saturated heterocycles. The topological polar surface area (TPSA) is 64.0 Å². The Morgan fingerprint density at radius 3 is 2.59 bits per heavy atom. The van der Waals surface area contributed by atoms with E-state index in [1.54, 1.807) is 23.1 Å². The van der Waals surface area contributed by atoms with Crippen LogP contribution in [0.2, 0.25) is 0 Å². The molecular weight excluding hydrogens is 280 g/mol. The molecule has 120 valence electrons. The normalized spacial score (nSPS) is 17.2. The Morgan fingerprint density at radius 1 is 1.27 bits per heavy atom. The number of piperazine rings is 1. The van der Waals surface area contributed by atoms with Crippen molar-refractivity contribution in [2.24, 2.45) is 0 Å². The van der Waals surface area contributed by atoms with Gasteiger partial charge in [-0.15, -0.1) is 6.58 Å². The number of phenols is 1. The van der Waals surface area contributed by atoms with Gasteiger partial charge in [0.2, 0.25) is 0 Å². The number of hydrogen-bond donors (Lipinski definition) is 2. The van der Waals surface area contributed by atoms with Gasteiger partial charge in [0.05, 0.1) is 11.7 Å². The predicted molar refractivity (Wildman–Crippen MR) is 85.9 cm³/mol. The maximum atomic E-state index is 12.4. The zero-order chi connectivity index (χ0) is 15.9. The number of aliphatic hydroxyl groups is 1. The van der Waals surface area contributed by atoms with Gasteiger partial charge in [0.25, 0.3) is 5.91 Å². The summed E-state index contributed by atoms with van der Waals surface area (Å²) in [5, 5.41) is 19.7. The second kappa shape index (κ2) is 7.96. The Morgan fingerprint density at radius 2 is 1.95 bits per heavy atom. The number of nitrogens with zero attached hydrogens (tertiary/aromatic N) is 2. The highest BCUT2D eigenvalue weighted by Crippen LogP contribution is 2.18. The Balaban J connectivity index is 1.83. The van der Waals surface area contributed by atoms with Crippen molar-refractivity contribution < 1.29 is 15.0 Å². The fraction of sp³-hybridized carbons (Fsp3) is 0.471. The first-order valence-corrected chi connectivity index (χ1v) is 7.70. The minimum atomic E-state index is -0.349. The lowest BCUT2D eigenvalue weighted by Gasteiger charge is -2.35. The lowest BCUT2D eigenvalue weighted by Crippen LogP contribution is -2.50. The Kier molecular flexibility index (Phi) is 5.98. The summed E-state index contributed by atoms with van der Waals surface area (Å²) in [5.74, 6) is -0.111. The first-order valence-electron chi connectivity index (χ1n) is 7.70. The van der Waals surface area contributed by atoms with Crippen molar-refractivity contribution in [3.8, 4) is 5.75 Å². The first kappa shape index (κ1) is 16.5. The maximum Gasteiger partial charge on any atom is 0.257 e. The van der Waals surface area contributed by atoms with Crippen LogP contribution in [-0.2, 0) is 0 Å². The summed E-state index contributed by atoms with van der Waals surface area (Å²) < 4.78 is 0. The molecule has 0 aliphatic carbocycles. The van der Waals surface area contributed by atoms with Crippen LogP contribution in [0.4, 0.5) is 0 Å². The lowest BCUT2D eigenvalue weighted by molar-refractivity contribution is 0.0515. The van der Waals surface area contributed by atoms with Gasteiger partial charge in [-0.05, 0) is 25.0 Å². The standard InChI is InChI=1S/C17H24N2O3/c1-2-3-6-14(20)13-18-9-11-19(12-10-18)17(22)15-7-4-5-8-16(15)21/h2,4-5,7-8,14,20-21H,1,3,6,9-13H2. The Bertz CT molecular complexity index is 510. The molecule has 1 aromatic rings. The molecule has 1 unspecified atom stereocenters. The molecule has 5 heteroatoms. The van der Waals surface area contributed by atoms with Crippen molar-refractivity contribution in [3.05, 3.63) is 42.5 Å². The molecular formula is C17H24N2O3. The first-order chi connectivity index (χ1) is 10.6. The van der Waals surface area contributed by atoms with Crippen LogP contribution < -0.4 is 0 Å². The summed E-state index contributed by atoms with van der Waals surface area (Å²) in [6, 6.07) is 6.62. The summed E-state index contributed by atoms with van der Waals surface area (Å²) in [4.78, 5) is 16.3. The van der Waals surface area contributed by atoms with E-state index in [-0.39, 0.29) is 17.8 Å². The number of benzene rings is 1. The molecule has 1 atom stereocenters. The van der Waals surface area contributed by atoms with Crippen LogP contribution in [0, 0.1) is 0 Å². The number of amides is 1. The zero-order valence-corrected chi connectivity index (χ0v) is 12.8. The number of rotatable bonds is 6. The van der Waals surface area contributed by atoms with Gasteiger partial charge >= 0.3 is 0 Å². The SMILES string of the molecule is C=CCCC(O)CN1CCN(C(=O)c2ccccc2O)CC1. The molecule has 1 amide bonds. The lowest BCUT2D eigenvalue weighted by atomic mass is 10.1. The molecule has 1 aliphatic heterocycles. The Hall–Kier alpha value is -1.85. The van der Waals surface area contributed by atoms with Gasteiger partial charge in [-0.3, -0.25) is 9.69 Å². The van der Waals surface area contributed by atoms with Crippen molar-refractivity contribution >= 4 is 5.91 Å². The summed E-state index contributed by atoms with van der Waals surface area (Å²) in [5.41, 5.74) is 0.349. The molecule has 1 heterocycles. The molecule has 1 fully saturated rings. The van der Waals surface area contributed by atoms with Crippen LogP contribution in [0.5, 0.6) is 5.75 Å². The van der Waals surface area contributed by atoms with Gasteiger partial charge in [-0.1, -0.05) is 18.2 Å².